The summed E-state index contributed by atoms with van der Waals surface area (Å²) in [6.07, 6.45) is 5.37. The molecule has 108 valence electrons. The number of amides is 1. The lowest BCUT2D eigenvalue weighted by Crippen LogP contribution is -2.58. The van der Waals surface area contributed by atoms with Crippen molar-refractivity contribution in [2.24, 2.45) is 5.73 Å². The van der Waals surface area contributed by atoms with Gasteiger partial charge in [-0.15, -0.1) is 0 Å². The number of thiocarbonyl (C=S) groups is 1. The topological polar surface area (TPSA) is 55.1 Å². The van der Waals surface area contributed by atoms with Crippen LogP contribution in [-0.2, 0) is 11.2 Å². The molecule has 3 N–H and O–H groups in total. The number of carbonyl (C=O) groups is 1. The van der Waals surface area contributed by atoms with Gasteiger partial charge in [-0.25, -0.2) is 0 Å². The Hall–Kier alpha value is -0.940. The predicted molar refractivity (Wildman–Crippen MR) is 88.6 cm³/mol. The summed E-state index contributed by atoms with van der Waals surface area (Å²) in [7, 11) is 0. The molecule has 0 bridgehead atoms. The van der Waals surface area contributed by atoms with Crippen LogP contribution in [-0.4, -0.2) is 16.4 Å². The molecule has 20 heavy (non-hydrogen) atoms. The van der Waals surface area contributed by atoms with E-state index in [0.717, 1.165) is 35.7 Å². The van der Waals surface area contributed by atoms with Crippen LogP contribution in [0.3, 0.4) is 0 Å². The van der Waals surface area contributed by atoms with E-state index < -0.39 is 5.54 Å². The number of rotatable bonds is 4. The Kier molecular flexibility index (Phi) is 5.16. The molecule has 1 aliphatic rings. The number of hydrogen-bond donors (Lipinski definition) is 2. The molecule has 0 spiro atoms. The van der Waals surface area contributed by atoms with Crippen LogP contribution in [0, 0.1) is 0 Å². The molecule has 0 saturated heterocycles. The molecule has 1 saturated carbocycles. The van der Waals surface area contributed by atoms with Crippen molar-refractivity contribution < 1.29 is 4.79 Å². The van der Waals surface area contributed by atoms with Gasteiger partial charge in [0.1, 0.15) is 0 Å². The van der Waals surface area contributed by atoms with Crippen LogP contribution in [0.5, 0.6) is 0 Å². The van der Waals surface area contributed by atoms with Gasteiger partial charge in [0.2, 0.25) is 5.91 Å². The van der Waals surface area contributed by atoms with Gasteiger partial charge in [0.15, 0.2) is 0 Å². The van der Waals surface area contributed by atoms with Crippen molar-refractivity contribution in [2.75, 3.05) is 0 Å². The molecule has 0 unspecified atom stereocenters. The van der Waals surface area contributed by atoms with Crippen LogP contribution in [0.2, 0.25) is 0 Å². The van der Waals surface area contributed by atoms with Crippen molar-refractivity contribution in [3.63, 3.8) is 0 Å². The number of nitrogens with one attached hydrogen (secondary N) is 1. The van der Waals surface area contributed by atoms with E-state index in [4.69, 9.17) is 18.0 Å². The Morgan fingerprint density at radius 3 is 2.65 bits per heavy atom. The molecule has 0 heterocycles. The van der Waals surface area contributed by atoms with Crippen LogP contribution in [0.25, 0.3) is 0 Å². The molecule has 1 amide bonds. The fraction of sp³-hybridized carbons (Fsp3) is 0.467. The minimum atomic E-state index is -0.476. The van der Waals surface area contributed by atoms with Crippen LogP contribution in [0.4, 0.5) is 0 Å². The third-order valence-corrected chi connectivity index (χ3v) is 4.70. The van der Waals surface area contributed by atoms with Gasteiger partial charge in [-0.05, 0) is 30.5 Å². The minimum absolute atomic E-state index is 0.0159. The average Bonchev–Trinajstić information content (AvgIpc) is 2.39. The van der Waals surface area contributed by atoms with Gasteiger partial charge < -0.3 is 11.1 Å². The lowest BCUT2D eigenvalue weighted by Gasteiger charge is -2.37. The number of carbonyl (C=O) groups excluding carboxylic acids is 1. The smallest absolute Gasteiger partial charge is 0.225 e. The standard InChI is InChI=1S/C15H19BrN2OS/c16-12-6-4-5-11(9-12)10-13(19)18-15(14(17)20)7-2-1-3-8-15/h4-6,9H,1-3,7-8,10H2,(H2,17,20)(H,18,19). The maximum atomic E-state index is 12.3. The fourth-order valence-corrected chi connectivity index (χ4v) is 3.43. The van der Waals surface area contributed by atoms with Crippen LogP contribution >= 0.6 is 28.1 Å². The molecule has 1 aliphatic carbocycles. The third kappa shape index (κ3) is 3.79. The lowest BCUT2D eigenvalue weighted by atomic mass is 9.81. The quantitative estimate of drug-likeness (QED) is 0.816. The van der Waals surface area contributed by atoms with E-state index in [0.29, 0.717) is 11.4 Å². The Morgan fingerprint density at radius 1 is 1.35 bits per heavy atom. The fourth-order valence-electron chi connectivity index (χ4n) is 2.73. The Bertz CT molecular complexity index is 512. The zero-order valence-electron chi connectivity index (χ0n) is 11.3. The maximum Gasteiger partial charge on any atom is 0.225 e. The highest BCUT2D eigenvalue weighted by molar-refractivity contribution is 9.10. The van der Waals surface area contributed by atoms with Gasteiger partial charge >= 0.3 is 0 Å². The second-order valence-corrected chi connectivity index (χ2v) is 6.72. The summed E-state index contributed by atoms with van der Waals surface area (Å²) in [6, 6.07) is 7.77. The molecule has 1 aromatic rings. The van der Waals surface area contributed by atoms with Gasteiger partial charge in [-0.1, -0.05) is 59.5 Å². The van der Waals surface area contributed by atoms with Gasteiger partial charge in [0.25, 0.3) is 0 Å². The summed E-state index contributed by atoms with van der Waals surface area (Å²) in [5.41, 5.74) is 6.38. The van der Waals surface area contributed by atoms with Crippen molar-refractivity contribution >= 4 is 39.0 Å². The molecule has 3 nitrogen and oxygen atoms in total. The molecule has 0 radical (unpaired) electrons. The van der Waals surface area contributed by atoms with Crippen LogP contribution < -0.4 is 11.1 Å². The maximum absolute atomic E-state index is 12.3. The van der Waals surface area contributed by atoms with E-state index in [1.165, 1.54) is 6.42 Å². The van der Waals surface area contributed by atoms with E-state index in [1.807, 2.05) is 24.3 Å². The highest BCUT2D eigenvalue weighted by atomic mass is 79.9. The Morgan fingerprint density at radius 2 is 2.05 bits per heavy atom. The van der Waals surface area contributed by atoms with Crippen molar-refractivity contribution in [1.29, 1.82) is 0 Å². The van der Waals surface area contributed by atoms with Crippen molar-refractivity contribution in [3.8, 4) is 0 Å². The largest absolute Gasteiger partial charge is 0.391 e. The number of benzene rings is 1. The molecule has 5 heteroatoms. The molecule has 1 aromatic carbocycles. The second-order valence-electron chi connectivity index (χ2n) is 5.36. The number of halogens is 1. The van der Waals surface area contributed by atoms with E-state index in [-0.39, 0.29) is 5.91 Å². The van der Waals surface area contributed by atoms with Gasteiger partial charge in [0.05, 0.1) is 16.9 Å². The molecule has 0 aromatic heterocycles. The molecular formula is C15H19BrN2OS. The second kappa shape index (κ2) is 6.68. The van der Waals surface area contributed by atoms with E-state index in [2.05, 4.69) is 21.2 Å². The molecule has 0 atom stereocenters. The predicted octanol–water partition coefficient (Wildman–Crippen LogP) is 3.10. The Balaban J connectivity index is 2.03. The summed E-state index contributed by atoms with van der Waals surface area (Å²) in [6.45, 7) is 0. The highest BCUT2D eigenvalue weighted by Gasteiger charge is 2.36. The molecule has 1 fully saturated rings. The third-order valence-electron chi connectivity index (χ3n) is 3.81. The van der Waals surface area contributed by atoms with Crippen LogP contribution in [0.1, 0.15) is 37.7 Å². The first-order valence-corrected chi connectivity index (χ1v) is 8.07. The lowest BCUT2D eigenvalue weighted by molar-refractivity contribution is -0.121. The average molecular weight is 355 g/mol. The summed E-state index contributed by atoms with van der Waals surface area (Å²) in [5.74, 6) is -0.0159. The van der Waals surface area contributed by atoms with Crippen LogP contribution in [0.15, 0.2) is 28.7 Å². The molecular weight excluding hydrogens is 336 g/mol. The normalized spacial score (nSPS) is 17.4. The first-order chi connectivity index (χ1) is 9.52. The van der Waals surface area contributed by atoms with Crippen molar-refractivity contribution in [1.82, 2.24) is 5.32 Å². The summed E-state index contributed by atoms with van der Waals surface area (Å²) in [4.78, 5) is 12.7. The number of nitrogens with two attached hydrogens (primary N) is 1. The zero-order chi connectivity index (χ0) is 14.6. The monoisotopic (exact) mass is 354 g/mol. The Labute approximate surface area is 133 Å². The van der Waals surface area contributed by atoms with Gasteiger partial charge in [-0.3, -0.25) is 4.79 Å². The minimum Gasteiger partial charge on any atom is -0.391 e. The molecule has 2 rings (SSSR count). The van der Waals surface area contributed by atoms with E-state index >= 15 is 0 Å². The van der Waals surface area contributed by atoms with E-state index in [1.54, 1.807) is 0 Å². The summed E-state index contributed by atoms with van der Waals surface area (Å²) in [5, 5.41) is 3.08. The first kappa shape index (κ1) is 15.4. The number of hydrogen-bond acceptors (Lipinski definition) is 2. The van der Waals surface area contributed by atoms with E-state index in [9.17, 15) is 4.79 Å². The zero-order valence-corrected chi connectivity index (χ0v) is 13.7. The molecule has 0 aliphatic heterocycles. The van der Waals surface area contributed by atoms with Crippen molar-refractivity contribution in [3.05, 3.63) is 34.3 Å². The summed E-state index contributed by atoms with van der Waals surface area (Å²) >= 11 is 8.60. The SMILES string of the molecule is NC(=S)C1(NC(=O)Cc2cccc(Br)c2)CCCCC1. The van der Waals surface area contributed by atoms with Gasteiger partial charge in [0, 0.05) is 4.47 Å². The van der Waals surface area contributed by atoms with Gasteiger partial charge in [-0.2, -0.15) is 0 Å². The first-order valence-electron chi connectivity index (χ1n) is 6.87. The van der Waals surface area contributed by atoms with Crippen molar-refractivity contribution in [2.45, 2.75) is 44.1 Å². The summed E-state index contributed by atoms with van der Waals surface area (Å²) < 4.78 is 0.976. The highest BCUT2D eigenvalue weighted by Crippen LogP contribution is 2.28.